The Hall–Kier alpha value is -3.28. The number of piperidine rings is 1. The Labute approximate surface area is 268 Å². The maximum Gasteiger partial charge on any atom is 0.251 e. The van der Waals surface area contributed by atoms with Crippen molar-refractivity contribution in [3.63, 3.8) is 0 Å². The van der Waals surface area contributed by atoms with Gasteiger partial charge in [0, 0.05) is 47.6 Å². The minimum absolute atomic E-state index is 0.0964. The van der Waals surface area contributed by atoms with E-state index >= 15 is 0 Å². The number of likely N-dealkylation sites (tertiary alicyclic amines) is 1. The Morgan fingerprint density at radius 3 is 2.16 bits per heavy atom. The molecular formula is C37H49N3O5. The van der Waals surface area contributed by atoms with Gasteiger partial charge in [-0.15, -0.1) is 0 Å². The van der Waals surface area contributed by atoms with Crippen LogP contribution in [0.5, 0.6) is 17.2 Å². The molecule has 1 saturated heterocycles. The molecule has 0 radical (unpaired) electrons. The summed E-state index contributed by atoms with van der Waals surface area (Å²) in [6, 6.07) is 15.5. The zero-order valence-corrected chi connectivity index (χ0v) is 27.5. The first kappa shape index (κ1) is 31.7. The summed E-state index contributed by atoms with van der Waals surface area (Å²) in [6.07, 6.45) is 9.02. The van der Waals surface area contributed by atoms with Crippen LogP contribution >= 0.6 is 0 Å². The third-order valence-electron chi connectivity index (χ3n) is 11.4. The highest BCUT2D eigenvalue weighted by molar-refractivity contribution is 5.94. The molecule has 1 spiro atoms. The van der Waals surface area contributed by atoms with Gasteiger partial charge >= 0.3 is 0 Å². The number of nitrogens with one attached hydrogen (secondary N) is 1. The number of aliphatic hydroxyl groups is 1. The van der Waals surface area contributed by atoms with Gasteiger partial charge in [0.15, 0.2) is 0 Å². The van der Waals surface area contributed by atoms with Crippen molar-refractivity contribution in [3.8, 4) is 23.3 Å². The Morgan fingerprint density at radius 1 is 0.933 bits per heavy atom. The minimum Gasteiger partial charge on any atom is -0.495 e. The number of aliphatic hydroxyl groups excluding tert-OH is 1. The number of methoxy groups -OCH3 is 1. The number of hydrogen-bond acceptors (Lipinski definition) is 7. The van der Waals surface area contributed by atoms with Crippen LogP contribution in [-0.2, 0) is 0 Å². The van der Waals surface area contributed by atoms with E-state index in [1.54, 1.807) is 25.3 Å². The molecule has 3 saturated carbocycles. The second-order valence-corrected chi connectivity index (χ2v) is 15.2. The predicted octanol–water partition coefficient (Wildman–Crippen LogP) is 6.11. The largest absolute Gasteiger partial charge is 0.495 e. The number of carbonyl (C=O) groups is 1. The van der Waals surface area contributed by atoms with Gasteiger partial charge in [-0.3, -0.25) is 4.79 Å². The van der Waals surface area contributed by atoms with Crippen LogP contribution in [0.2, 0.25) is 0 Å². The molecule has 2 aromatic rings. The minimum atomic E-state index is -0.321. The van der Waals surface area contributed by atoms with Crippen LogP contribution in [-0.4, -0.2) is 66.5 Å². The summed E-state index contributed by atoms with van der Waals surface area (Å²) in [6.45, 7) is 10.5. The first-order valence-corrected chi connectivity index (χ1v) is 16.7. The fraction of sp³-hybridized carbons (Fsp3) is 0.622. The van der Waals surface area contributed by atoms with E-state index in [0.29, 0.717) is 34.1 Å². The molecule has 0 aromatic heterocycles. The second kappa shape index (κ2) is 12.1. The summed E-state index contributed by atoms with van der Waals surface area (Å²) in [4.78, 5) is 16.0. The van der Waals surface area contributed by atoms with Crippen LogP contribution in [0.15, 0.2) is 42.5 Å². The van der Waals surface area contributed by atoms with Crippen molar-refractivity contribution in [2.24, 2.45) is 16.2 Å². The van der Waals surface area contributed by atoms with Gasteiger partial charge in [-0.1, -0.05) is 27.7 Å². The maximum atomic E-state index is 13.4. The summed E-state index contributed by atoms with van der Waals surface area (Å²) in [5, 5.41) is 22.4. The van der Waals surface area contributed by atoms with Crippen molar-refractivity contribution in [2.45, 2.75) is 109 Å². The van der Waals surface area contributed by atoms with E-state index in [1.807, 2.05) is 24.3 Å². The number of benzene rings is 2. The van der Waals surface area contributed by atoms with Crippen LogP contribution in [0.1, 0.15) is 95.0 Å². The van der Waals surface area contributed by atoms with Crippen molar-refractivity contribution < 1.29 is 24.1 Å². The molecule has 1 aliphatic heterocycles. The molecule has 0 unspecified atom stereocenters. The Morgan fingerprint density at radius 2 is 1.56 bits per heavy atom. The Kier molecular flexibility index (Phi) is 8.56. The topological polar surface area (TPSA) is 104 Å². The van der Waals surface area contributed by atoms with Gasteiger partial charge in [-0.2, -0.15) is 5.26 Å². The lowest BCUT2D eigenvalue weighted by molar-refractivity contribution is -0.164. The Balaban J connectivity index is 0.984. The van der Waals surface area contributed by atoms with Gasteiger partial charge < -0.3 is 29.5 Å². The molecule has 2 aromatic carbocycles. The molecule has 45 heavy (non-hydrogen) atoms. The fourth-order valence-electron chi connectivity index (χ4n) is 9.04. The number of ether oxygens (including phenoxy) is 3. The van der Waals surface area contributed by atoms with Crippen LogP contribution in [0, 0.1) is 27.6 Å². The lowest BCUT2D eigenvalue weighted by Crippen LogP contribution is -2.74. The van der Waals surface area contributed by atoms with E-state index in [0.717, 1.165) is 44.5 Å². The van der Waals surface area contributed by atoms with Crippen molar-refractivity contribution in [1.29, 1.82) is 5.26 Å². The van der Waals surface area contributed by atoms with Crippen LogP contribution in [0.3, 0.4) is 0 Å². The Bertz CT molecular complexity index is 1390. The molecule has 0 atom stereocenters. The third kappa shape index (κ3) is 6.14. The smallest absolute Gasteiger partial charge is 0.251 e. The second-order valence-electron chi connectivity index (χ2n) is 15.2. The van der Waals surface area contributed by atoms with Gasteiger partial charge in [0.2, 0.25) is 0 Å². The summed E-state index contributed by atoms with van der Waals surface area (Å²) in [5.41, 5.74) is 0.925. The number of nitriles is 1. The van der Waals surface area contributed by atoms with Crippen LogP contribution in [0.25, 0.3) is 0 Å². The van der Waals surface area contributed by atoms with E-state index < -0.39 is 0 Å². The average molecular weight is 616 g/mol. The lowest BCUT2D eigenvalue weighted by atomic mass is 9.49. The van der Waals surface area contributed by atoms with Crippen LogP contribution in [0.4, 0.5) is 0 Å². The van der Waals surface area contributed by atoms with E-state index in [2.05, 4.69) is 44.0 Å². The molecule has 242 valence electrons. The number of hydrogen-bond donors (Lipinski definition) is 2. The summed E-state index contributed by atoms with van der Waals surface area (Å²) in [7, 11) is 1.54. The van der Waals surface area contributed by atoms with E-state index in [-0.39, 0.29) is 41.1 Å². The molecule has 0 bridgehead atoms. The molecule has 8 heteroatoms. The van der Waals surface area contributed by atoms with E-state index in [9.17, 15) is 15.2 Å². The van der Waals surface area contributed by atoms with Gasteiger partial charge in [0.1, 0.15) is 29.4 Å². The van der Waals surface area contributed by atoms with Crippen molar-refractivity contribution >= 4 is 5.91 Å². The van der Waals surface area contributed by atoms with E-state index in [1.165, 1.54) is 25.7 Å². The van der Waals surface area contributed by atoms with Crippen molar-refractivity contribution in [2.75, 3.05) is 20.2 Å². The van der Waals surface area contributed by atoms with Crippen molar-refractivity contribution in [3.05, 3.63) is 53.6 Å². The first-order chi connectivity index (χ1) is 21.4. The standard InChI is InChI=1S/C37H49N3O5/c1-35(2)33(36(3,4)34(35)45-30-11-8-25(23-38)31(20-30)43-5)39-32(42)24-6-9-28(10-7-24)44-29-12-16-37(17-13-29)21-26(22-37)40-18-14-27(41)15-19-40/h6-11,20,26-27,29,33-34,41H,12-19,21-22H2,1-5H3,(H,39,42). The molecule has 3 aliphatic carbocycles. The van der Waals surface area contributed by atoms with Gasteiger partial charge in [-0.05, 0) is 93.2 Å². The number of nitrogens with zero attached hydrogens (tertiary/aromatic N) is 2. The molecule has 2 N–H and O–H groups in total. The number of rotatable bonds is 8. The third-order valence-corrected chi connectivity index (χ3v) is 11.4. The van der Waals surface area contributed by atoms with Gasteiger partial charge in [0.05, 0.1) is 24.9 Å². The molecule has 1 amide bonds. The lowest BCUT2D eigenvalue weighted by Gasteiger charge is -2.63. The zero-order valence-electron chi connectivity index (χ0n) is 27.5. The zero-order chi connectivity index (χ0) is 32.0. The quantitative estimate of drug-likeness (QED) is 0.370. The summed E-state index contributed by atoms with van der Waals surface area (Å²) >= 11 is 0. The summed E-state index contributed by atoms with van der Waals surface area (Å²) < 4.78 is 18.1. The molecule has 6 rings (SSSR count). The summed E-state index contributed by atoms with van der Waals surface area (Å²) in [5.74, 6) is 1.84. The monoisotopic (exact) mass is 615 g/mol. The van der Waals surface area contributed by atoms with E-state index in [4.69, 9.17) is 14.2 Å². The van der Waals surface area contributed by atoms with Crippen LogP contribution < -0.4 is 19.5 Å². The first-order valence-electron chi connectivity index (χ1n) is 16.7. The number of carbonyl (C=O) groups excluding carboxylic acids is 1. The molecule has 1 heterocycles. The predicted molar refractivity (Wildman–Crippen MR) is 173 cm³/mol. The molecule has 8 nitrogen and oxygen atoms in total. The normalized spacial score (nSPS) is 30.8. The number of amides is 1. The van der Waals surface area contributed by atoms with Gasteiger partial charge in [-0.25, -0.2) is 0 Å². The molecule has 4 fully saturated rings. The SMILES string of the molecule is COc1cc(OC2C(C)(C)C(NC(=O)c3ccc(OC4CCC5(CC4)CC(N4CCC(O)CC4)C5)cc3)C2(C)C)ccc1C#N. The van der Waals surface area contributed by atoms with Crippen molar-refractivity contribution in [1.82, 2.24) is 10.2 Å². The molecule has 4 aliphatic rings. The highest BCUT2D eigenvalue weighted by atomic mass is 16.5. The maximum absolute atomic E-state index is 13.4. The highest BCUT2D eigenvalue weighted by Crippen LogP contribution is 2.56. The molecular weight excluding hydrogens is 566 g/mol. The fourth-order valence-corrected chi connectivity index (χ4v) is 9.04. The van der Waals surface area contributed by atoms with Gasteiger partial charge in [0.25, 0.3) is 5.91 Å². The average Bonchev–Trinajstić information content (AvgIpc) is 3.02. The highest BCUT2D eigenvalue weighted by Gasteiger charge is 2.64.